The Bertz CT molecular complexity index is 1050. The van der Waals surface area contributed by atoms with Crippen LogP contribution in [0.5, 0.6) is 11.5 Å². The lowest BCUT2D eigenvalue weighted by Crippen LogP contribution is -2.23. The van der Waals surface area contributed by atoms with Crippen molar-refractivity contribution in [3.05, 3.63) is 66.2 Å². The van der Waals surface area contributed by atoms with Crippen molar-refractivity contribution in [1.29, 1.82) is 0 Å². The molecule has 28 heavy (non-hydrogen) atoms. The van der Waals surface area contributed by atoms with Gasteiger partial charge in [-0.25, -0.2) is 13.6 Å². The molecule has 0 amide bonds. The smallest absolute Gasteiger partial charge is 0.238 e. The zero-order valence-electron chi connectivity index (χ0n) is 16.0. The molecule has 0 aromatic heterocycles. The molecule has 0 saturated heterocycles. The van der Waals surface area contributed by atoms with Crippen molar-refractivity contribution in [3.63, 3.8) is 0 Å². The van der Waals surface area contributed by atoms with Crippen molar-refractivity contribution < 1.29 is 17.9 Å². The van der Waals surface area contributed by atoms with Gasteiger partial charge in [-0.3, -0.25) is 4.90 Å². The lowest BCUT2D eigenvalue weighted by atomic mass is 10.1. The second kappa shape index (κ2) is 8.60. The lowest BCUT2D eigenvalue weighted by Gasteiger charge is -2.17. The van der Waals surface area contributed by atoms with Crippen molar-refractivity contribution in [2.24, 2.45) is 5.14 Å². The molecule has 3 aromatic carbocycles. The van der Waals surface area contributed by atoms with Gasteiger partial charge in [0.05, 0.1) is 12.0 Å². The molecule has 0 bridgehead atoms. The van der Waals surface area contributed by atoms with E-state index in [2.05, 4.69) is 29.2 Å². The number of methoxy groups -OCH3 is 1. The Kier molecular flexibility index (Phi) is 6.18. The highest BCUT2D eigenvalue weighted by atomic mass is 32.2. The van der Waals surface area contributed by atoms with E-state index in [4.69, 9.17) is 14.6 Å². The second-order valence-electron chi connectivity index (χ2n) is 6.65. The Hall–Kier alpha value is -2.61. The van der Waals surface area contributed by atoms with Crippen LogP contribution in [0, 0.1) is 0 Å². The molecule has 0 saturated carbocycles. The van der Waals surface area contributed by atoms with Gasteiger partial charge in [-0.15, -0.1) is 0 Å². The fraction of sp³-hybridized carbons (Fsp3) is 0.238. The van der Waals surface area contributed by atoms with Crippen molar-refractivity contribution in [2.45, 2.75) is 11.4 Å². The number of hydrogen-bond acceptors (Lipinski definition) is 5. The van der Waals surface area contributed by atoms with Gasteiger partial charge in [0.2, 0.25) is 10.0 Å². The maximum absolute atomic E-state index is 11.3. The zero-order valence-corrected chi connectivity index (χ0v) is 16.8. The summed E-state index contributed by atoms with van der Waals surface area (Å²) in [7, 11) is 0.0225. The van der Waals surface area contributed by atoms with Crippen LogP contribution in [-0.4, -0.2) is 40.6 Å². The van der Waals surface area contributed by atoms with E-state index in [1.165, 1.54) is 23.1 Å². The van der Waals surface area contributed by atoms with Gasteiger partial charge in [0.25, 0.3) is 0 Å². The molecule has 0 aliphatic heterocycles. The molecule has 0 spiro atoms. The number of hydrogen-bond donors (Lipinski definition) is 1. The molecule has 0 radical (unpaired) electrons. The largest absolute Gasteiger partial charge is 0.497 e. The van der Waals surface area contributed by atoms with Gasteiger partial charge in [0, 0.05) is 13.1 Å². The molecule has 7 heteroatoms. The van der Waals surface area contributed by atoms with Crippen LogP contribution in [0.15, 0.2) is 65.6 Å². The van der Waals surface area contributed by atoms with Crippen molar-refractivity contribution in [3.8, 4) is 11.5 Å². The number of primary sulfonamides is 1. The molecule has 2 N–H and O–H groups in total. The minimum absolute atomic E-state index is 0.0749. The number of nitrogens with zero attached hydrogens (tertiary/aromatic N) is 1. The molecule has 3 rings (SSSR count). The summed E-state index contributed by atoms with van der Waals surface area (Å²) >= 11 is 0. The molecule has 148 valence electrons. The van der Waals surface area contributed by atoms with Gasteiger partial charge in [0.15, 0.2) is 0 Å². The average Bonchev–Trinajstić information content (AvgIpc) is 2.67. The van der Waals surface area contributed by atoms with E-state index in [1.54, 1.807) is 19.2 Å². The fourth-order valence-corrected chi connectivity index (χ4v) is 3.45. The third kappa shape index (κ3) is 5.22. The summed E-state index contributed by atoms with van der Waals surface area (Å²) in [6.07, 6.45) is 0. The second-order valence-corrected chi connectivity index (χ2v) is 8.21. The fourth-order valence-electron chi connectivity index (χ4n) is 2.93. The number of likely N-dealkylation sites (N-methyl/N-ethyl adjacent to an activating group) is 1. The van der Waals surface area contributed by atoms with Crippen molar-refractivity contribution in [1.82, 2.24) is 4.90 Å². The SMILES string of the molecule is COc1ccc2cc(CN(C)CCOc3ccc(S(N)(=O)=O)cc3)ccc2c1. The normalized spacial score (nSPS) is 11.7. The number of ether oxygens (including phenoxy) is 2. The molecule has 0 atom stereocenters. The van der Waals surface area contributed by atoms with E-state index >= 15 is 0 Å². The Balaban J connectivity index is 1.52. The zero-order chi connectivity index (χ0) is 20.1. The Morgan fingerprint density at radius 3 is 2.25 bits per heavy atom. The molecule has 0 fully saturated rings. The van der Waals surface area contributed by atoms with Gasteiger partial charge >= 0.3 is 0 Å². The summed E-state index contributed by atoms with van der Waals surface area (Å²) in [6, 6.07) is 18.5. The van der Waals surface area contributed by atoms with Crippen LogP contribution < -0.4 is 14.6 Å². The number of benzene rings is 3. The summed E-state index contributed by atoms with van der Waals surface area (Å²) in [5, 5.41) is 7.42. The van der Waals surface area contributed by atoms with Crippen molar-refractivity contribution in [2.75, 3.05) is 27.3 Å². The van der Waals surface area contributed by atoms with E-state index in [0.717, 1.165) is 24.2 Å². The number of nitrogens with two attached hydrogens (primary N) is 1. The predicted octanol–water partition coefficient (Wildman–Crippen LogP) is 3.01. The van der Waals surface area contributed by atoms with E-state index in [9.17, 15) is 8.42 Å². The molecule has 6 nitrogen and oxygen atoms in total. The molecular formula is C21H24N2O4S. The molecule has 3 aromatic rings. The Morgan fingerprint density at radius 1 is 0.929 bits per heavy atom. The quantitative estimate of drug-likeness (QED) is 0.629. The van der Waals surface area contributed by atoms with Crippen LogP contribution in [0.1, 0.15) is 5.56 Å². The Labute approximate surface area is 165 Å². The number of fused-ring (bicyclic) bond motifs is 1. The molecule has 0 heterocycles. The highest BCUT2D eigenvalue weighted by molar-refractivity contribution is 7.89. The molecule has 0 unspecified atom stereocenters. The van der Waals surface area contributed by atoms with Crippen LogP contribution in [0.25, 0.3) is 10.8 Å². The third-order valence-electron chi connectivity index (χ3n) is 4.46. The first kappa shape index (κ1) is 20.1. The van der Waals surface area contributed by atoms with Crippen LogP contribution in [-0.2, 0) is 16.6 Å². The van der Waals surface area contributed by atoms with Crippen LogP contribution in [0.3, 0.4) is 0 Å². The summed E-state index contributed by atoms with van der Waals surface area (Å²) in [5.74, 6) is 1.46. The molecule has 0 aliphatic carbocycles. The molecular weight excluding hydrogens is 376 g/mol. The molecule has 0 aliphatic rings. The topological polar surface area (TPSA) is 81.9 Å². The van der Waals surface area contributed by atoms with Crippen LogP contribution in [0.4, 0.5) is 0 Å². The summed E-state index contributed by atoms with van der Waals surface area (Å²) in [6.45, 7) is 2.03. The van der Waals surface area contributed by atoms with Gasteiger partial charge < -0.3 is 9.47 Å². The van der Waals surface area contributed by atoms with Gasteiger partial charge in [0.1, 0.15) is 18.1 Å². The Morgan fingerprint density at radius 2 is 1.57 bits per heavy atom. The van der Waals surface area contributed by atoms with Crippen LogP contribution in [0.2, 0.25) is 0 Å². The predicted molar refractivity (Wildman–Crippen MR) is 110 cm³/mol. The highest BCUT2D eigenvalue weighted by Crippen LogP contribution is 2.22. The minimum Gasteiger partial charge on any atom is -0.497 e. The minimum atomic E-state index is -3.68. The third-order valence-corrected chi connectivity index (χ3v) is 5.39. The highest BCUT2D eigenvalue weighted by Gasteiger charge is 2.07. The maximum Gasteiger partial charge on any atom is 0.238 e. The van der Waals surface area contributed by atoms with Crippen LogP contribution >= 0.6 is 0 Å². The van der Waals surface area contributed by atoms with E-state index < -0.39 is 10.0 Å². The van der Waals surface area contributed by atoms with E-state index in [0.29, 0.717) is 12.4 Å². The van der Waals surface area contributed by atoms with Gasteiger partial charge in [-0.05, 0) is 65.8 Å². The first-order valence-electron chi connectivity index (χ1n) is 8.86. The first-order valence-corrected chi connectivity index (χ1v) is 10.4. The van der Waals surface area contributed by atoms with E-state index in [1.807, 2.05) is 19.2 Å². The average molecular weight is 401 g/mol. The van der Waals surface area contributed by atoms with Gasteiger partial charge in [-0.1, -0.05) is 18.2 Å². The summed E-state index contributed by atoms with van der Waals surface area (Å²) in [5.41, 5.74) is 1.22. The number of sulfonamides is 1. The maximum atomic E-state index is 11.3. The monoisotopic (exact) mass is 400 g/mol. The lowest BCUT2D eigenvalue weighted by molar-refractivity contribution is 0.233. The number of rotatable bonds is 8. The standard InChI is InChI=1S/C21H24N2O4S/c1-23(11-12-27-19-7-9-21(10-8-19)28(22,24)25)15-16-3-4-18-14-20(26-2)6-5-17(18)13-16/h3-10,13-14H,11-12,15H2,1-2H3,(H2,22,24,25). The summed E-state index contributed by atoms with van der Waals surface area (Å²) in [4.78, 5) is 2.24. The summed E-state index contributed by atoms with van der Waals surface area (Å²) < 4.78 is 33.5. The van der Waals surface area contributed by atoms with Gasteiger partial charge in [-0.2, -0.15) is 0 Å². The first-order chi connectivity index (χ1) is 13.3. The van der Waals surface area contributed by atoms with Crippen molar-refractivity contribution >= 4 is 20.8 Å². The van der Waals surface area contributed by atoms with E-state index in [-0.39, 0.29) is 4.90 Å².